The topological polar surface area (TPSA) is 87.3 Å². The Kier molecular flexibility index (Phi) is 6.38. The molecule has 2 rings (SSSR count). The van der Waals surface area contributed by atoms with Gasteiger partial charge in [0.1, 0.15) is 6.04 Å². The van der Waals surface area contributed by atoms with E-state index in [1.54, 1.807) is 31.2 Å². The molecule has 8 heteroatoms. The Hall–Kier alpha value is -2.25. The first-order chi connectivity index (χ1) is 12.5. The zero-order valence-electron chi connectivity index (χ0n) is 15.7. The maximum atomic E-state index is 12.5. The third-order valence-electron chi connectivity index (χ3n) is 3.51. The van der Waals surface area contributed by atoms with Gasteiger partial charge in [-0.25, -0.2) is 8.42 Å². The zero-order valence-corrected chi connectivity index (χ0v) is 17.3. The highest BCUT2D eigenvalue weighted by molar-refractivity contribution is 7.92. The number of amides is 1. The van der Waals surface area contributed by atoms with Crippen molar-refractivity contribution in [3.8, 4) is 0 Å². The average molecular weight is 410 g/mol. The molecule has 2 aromatic carbocycles. The molecule has 3 N–H and O–H groups in total. The van der Waals surface area contributed by atoms with Gasteiger partial charge in [0.25, 0.3) is 10.0 Å². The average Bonchev–Trinajstić information content (AvgIpc) is 2.53. The van der Waals surface area contributed by atoms with Crippen LogP contribution in [0.25, 0.3) is 0 Å². The van der Waals surface area contributed by atoms with E-state index in [1.807, 2.05) is 20.8 Å². The Morgan fingerprint density at radius 2 is 1.63 bits per heavy atom. The molecule has 0 saturated carbocycles. The van der Waals surface area contributed by atoms with Crippen LogP contribution in [-0.4, -0.2) is 25.9 Å². The van der Waals surface area contributed by atoms with Crippen LogP contribution in [-0.2, 0) is 14.8 Å². The van der Waals surface area contributed by atoms with Gasteiger partial charge < -0.3 is 10.6 Å². The highest BCUT2D eigenvalue weighted by atomic mass is 35.5. The third-order valence-corrected chi connectivity index (χ3v) is 5.16. The van der Waals surface area contributed by atoms with Crippen molar-refractivity contribution in [3.63, 3.8) is 0 Å². The number of nitrogens with one attached hydrogen (secondary N) is 3. The monoisotopic (exact) mass is 409 g/mol. The molecule has 0 aliphatic carbocycles. The number of sulfonamides is 1. The summed E-state index contributed by atoms with van der Waals surface area (Å²) in [6.45, 7) is 7.46. The number of carbonyl (C=O) groups excluding carboxylic acids is 1. The van der Waals surface area contributed by atoms with E-state index in [1.165, 1.54) is 24.3 Å². The Balaban J connectivity index is 2.11. The van der Waals surface area contributed by atoms with E-state index < -0.39 is 16.1 Å². The van der Waals surface area contributed by atoms with Crippen LogP contribution >= 0.6 is 11.6 Å². The Morgan fingerprint density at radius 3 is 2.22 bits per heavy atom. The molecule has 0 spiro atoms. The molecule has 0 aliphatic heterocycles. The van der Waals surface area contributed by atoms with Crippen molar-refractivity contribution in [2.24, 2.45) is 0 Å². The first kappa shape index (κ1) is 21.1. The van der Waals surface area contributed by atoms with Gasteiger partial charge in [0.05, 0.1) is 10.6 Å². The largest absolute Gasteiger partial charge is 0.374 e. The number of rotatable bonds is 6. The molecule has 0 fully saturated rings. The Labute approximate surface area is 165 Å². The summed E-state index contributed by atoms with van der Waals surface area (Å²) in [4.78, 5) is 12.3. The van der Waals surface area contributed by atoms with Gasteiger partial charge >= 0.3 is 0 Å². The summed E-state index contributed by atoms with van der Waals surface area (Å²) in [6, 6.07) is 12.2. The van der Waals surface area contributed by atoms with Crippen molar-refractivity contribution < 1.29 is 13.2 Å². The lowest BCUT2D eigenvalue weighted by Crippen LogP contribution is -2.47. The quantitative estimate of drug-likeness (QED) is 0.676. The minimum absolute atomic E-state index is 0.114. The molecule has 0 radical (unpaired) electrons. The normalized spacial score (nSPS) is 12.9. The van der Waals surface area contributed by atoms with Crippen LogP contribution in [0.15, 0.2) is 53.4 Å². The summed E-state index contributed by atoms with van der Waals surface area (Å²) >= 11 is 5.80. The molecular formula is C19H24ClN3O3S. The van der Waals surface area contributed by atoms with Crippen molar-refractivity contribution >= 4 is 38.9 Å². The number of hydrogen-bond acceptors (Lipinski definition) is 4. The van der Waals surface area contributed by atoms with Gasteiger partial charge in [0.2, 0.25) is 5.91 Å². The van der Waals surface area contributed by atoms with Crippen molar-refractivity contribution in [2.45, 2.75) is 44.2 Å². The van der Waals surface area contributed by atoms with Crippen LogP contribution in [0.4, 0.5) is 11.4 Å². The van der Waals surface area contributed by atoms with E-state index >= 15 is 0 Å². The highest BCUT2D eigenvalue weighted by Crippen LogP contribution is 2.21. The van der Waals surface area contributed by atoms with Crippen LogP contribution in [0.1, 0.15) is 27.7 Å². The molecule has 2 aromatic rings. The van der Waals surface area contributed by atoms with Crippen LogP contribution in [0, 0.1) is 0 Å². The van der Waals surface area contributed by atoms with Crippen molar-refractivity contribution in [2.75, 3.05) is 10.0 Å². The number of carbonyl (C=O) groups is 1. The molecule has 146 valence electrons. The number of hydrogen-bond donors (Lipinski definition) is 3. The molecule has 0 bridgehead atoms. The number of anilines is 2. The van der Waals surface area contributed by atoms with Gasteiger partial charge in [-0.3, -0.25) is 9.52 Å². The van der Waals surface area contributed by atoms with E-state index in [0.29, 0.717) is 16.4 Å². The fourth-order valence-electron chi connectivity index (χ4n) is 2.29. The molecule has 0 aliphatic rings. The Bertz CT molecular complexity index is 907. The fourth-order valence-corrected chi connectivity index (χ4v) is 3.47. The lowest BCUT2D eigenvalue weighted by atomic mass is 10.1. The summed E-state index contributed by atoms with van der Waals surface area (Å²) in [5.41, 5.74) is 0.685. The van der Waals surface area contributed by atoms with Gasteiger partial charge in [0, 0.05) is 16.2 Å². The van der Waals surface area contributed by atoms with Crippen molar-refractivity contribution in [1.82, 2.24) is 5.32 Å². The second-order valence-electron chi connectivity index (χ2n) is 7.25. The van der Waals surface area contributed by atoms with E-state index in [9.17, 15) is 13.2 Å². The summed E-state index contributed by atoms with van der Waals surface area (Å²) < 4.78 is 27.5. The minimum atomic E-state index is -3.73. The molecule has 6 nitrogen and oxygen atoms in total. The van der Waals surface area contributed by atoms with Gasteiger partial charge in [-0.05, 0) is 70.2 Å². The molecule has 27 heavy (non-hydrogen) atoms. The summed E-state index contributed by atoms with van der Waals surface area (Å²) in [5.74, 6) is -0.144. The second-order valence-corrected chi connectivity index (χ2v) is 9.36. The van der Waals surface area contributed by atoms with Gasteiger partial charge in [-0.1, -0.05) is 17.7 Å². The molecule has 0 heterocycles. The fraction of sp³-hybridized carbons (Fsp3) is 0.316. The summed E-state index contributed by atoms with van der Waals surface area (Å²) in [5, 5.41) is 6.43. The first-order valence-electron chi connectivity index (χ1n) is 8.43. The van der Waals surface area contributed by atoms with E-state index in [-0.39, 0.29) is 16.3 Å². The van der Waals surface area contributed by atoms with Gasteiger partial charge in [0.15, 0.2) is 0 Å². The predicted octanol–water partition coefficient (Wildman–Crippen LogP) is 3.86. The maximum Gasteiger partial charge on any atom is 0.261 e. The van der Waals surface area contributed by atoms with Crippen LogP contribution < -0.4 is 15.4 Å². The van der Waals surface area contributed by atoms with E-state index in [4.69, 9.17) is 11.6 Å². The number of halogens is 1. The smallest absolute Gasteiger partial charge is 0.261 e. The number of benzene rings is 2. The molecular weight excluding hydrogens is 386 g/mol. The standard InChI is InChI=1S/C19H24ClN3O3S/c1-13(18(24)22-19(2,3)4)21-15-6-5-7-16(12-15)23-27(25,26)17-10-8-14(20)9-11-17/h5-13,21,23H,1-4H3,(H,22,24). The van der Waals surface area contributed by atoms with Crippen molar-refractivity contribution in [1.29, 1.82) is 0 Å². The maximum absolute atomic E-state index is 12.5. The van der Waals surface area contributed by atoms with Gasteiger partial charge in [-0.2, -0.15) is 0 Å². The minimum Gasteiger partial charge on any atom is -0.374 e. The zero-order chi connectivity index (χ0) is 20.2. The lowest BCUT2D eigenvalue weighted by Gasteiger charge is -2.24. The molecule has 1 amide bonds. The highest BCUT2D eigenvalue weighted by Gasteiger charge is 2.19. The van der Waals surface area contributed by atoms with E-state index in [2.05, 4.69) is 15.4 Å². The van der Waals surface area contributed by atoms with Crippen molar-refractivity contribution in [3.05, 3.63) is 53.6 Å². The second kappa shape index (κ2) is 8.19. The first-order valence-corrected chi connectivity index (χ1v) is 10.3. The molecule has 1 atom stereocenters. The van der Waals surface area contributed by atoms with Gasteiger partial charge in [-0.15, -0.1) is 0 Å². The predicted molar refractivity (Wildman–Crippen MR) is 110 cm³/mol. The third kappa shape index (κ3) is 6.45. The summed E-state index contributed by atoms with van der Waals surface area (Å²) in [7, 11) is -3.73. The summed E-state index contributed by atoms with van der Waals surface area (Å²) in [6.07, 6.45) is 0. The Morgan fingerprint density at radius 1 is 1.04 bits per heavy atom. The lowest BCUT2D eigenvalue weighted by molar-refractivity contribution is -0.122. The SMILES string of the molecule is CC(Nc1cccc(NS(=O)(=O)c2ccc(Cl)cc2)c1)C(=O)NC(C)(C)C. The van der Waals surface area contributed by atoms with Crippen LogP contribution in [0.2, 0.25) is 5.02 Å². The molecule has 1 unspecified atom stereocenters. The van der Waals surface area contributed by atoms with Crippen LogP contribution in [0.5, 0.6) is 0 Å². The molecule has 0 saturated heterocycles. The van der Waals surface area contributed by atoms with E-state index in [0.717, 1.165) is 0 Å². The molecule has 0 aromatic heterocycles. The van der Waals surface area contributed by atoms with Crippen LogP contribution in [0.3, 0.4) is 0 Å².